The molecule has 0 bridgehead atoms. The highest BCUT2D eigenvalue weighted by atomic mass is 32.1. The van der Waals surface area contributed by atoms with Gasteiger partial charge in [0.2, 0.25) is 0 Å². The first-order valence-electron chi connectivity index (χ1n) is 8.51. The molecule has 1 aliphatic rings. The van der Waals surface area contributed by atoms with Crippen LogP contribution in [0.4, 0.5) is 10.8 Å². The van der Waals surface area contributed by atoms with E-state index in [1.807, 2.05) is 31.2 Å². The first-order valence-corrected chi connectivity index (χ1v) is 9.39. The van der Waals surface area contributed by atoms with E-state index in [1.54, 1.807) is 12.5 Å². The van der Waals surface area contributed by atoms with Gasteiger partial charge < -0.3 is 24.8 Å². The largest absolute Gasteiger partial charge is 0.497 e. The van der Waals surface area contributed by atoms with Crippen LogP contribution in [-0.4, -0.2) is 50.0 Å². The number of anilines is 2. The van der Waals surface area contributed by atoms with E-state index in [1.165, 1.54) is 11.3 Å². The Hall–Kier alpha value is -2.16. The van der Waals surface area contributed by atoms with Crippen LogP contribution < -0.4 is 15.4 Å². The molecule has 1 aliphatic heterocycles. The predicted molar refractivity (Wildman–Crippen MR) is 100 cm³/mol. The maximum absolute atomic E-state index is 12.3. The van der Waals surface area contributed by atoms with Crippen molar-refractivity contribution >= 4 is 28.1 Å². The third-order valence-electron chi connectivity index (χ3n) is 3.93. The number of methoxy groups -OCH3 is 1. The maximum atomic E-state index is 12.3. The number of rotatable bonds is 8. The monoisotopic (exact) mass is 377 g/mol. The number of carbonyl (C=O) groups excluding carboxylic acids is 1. The number of benzene rings is 1. The maximum Gasteiger partial charge on any atom is 0.271 e. The lowest BCUT2D eigenvalue weighted by Gasteiger charge is -2.16. The van der Waals surface area contributed by atoms with Crippen molar-refractivity contribution in [2.45, 2.75) is 25.5 Å². The molecule has 2 aromatic rings. The van der Waals surface area contributed by atoms with E-state index >= 15 is 0 Å². The van der Waals surface area contributed by atoms with Gasteiger partial charge in [0.05, 0.1) is 26.4 Å². The quantitative estimate of drug-likeness (QED) is 0.736. The average molecular weight is 377 g/mol. The van der Waals surface area contributed by atoms with Gasteiger partial charge in [-0.05, 0) is 37.6 Å². The molecule has 1 fully saturated rings. The lowest BCUT2D eigenvalue weighted by Crippen LogP contribution is -2.37. The fourth-order valence-corrected chi connectivity index (χ4v) is 3.21. The summed E-state index contributed by atoms with van der Waals surface area (Å²) < 4.78 is 16.1. The third-order valence-corrected chi connectivity index (χ3v) is 4.68. The minimum absolute atomic E-state index is 0.0946. The van der Waals surface area contributed by atoms with Crippen molar-refractivity contribution in [3.63, 3.8) is 0 Å². The topological polar surface area (TPSA) is 81.7 Å². The highest BCUT2D eigenvalue weighted by molar-refractivity contribution is 7.14. The summed E-state index contributed by atoms with van der Waals surface area (Å²) in [5.41, 5.74) is 1.27. The number of nitrogens with zero attached hydrogens (tertiary/aromatic N) is 1. The van der Waals surface area contributed by atoms with Crippen molar-refractivity contribution in [3.05, 3.63) is 35.3 Å². The third kappa shape index (κ3) is 5.17. The first-order chi connectivity index (χ1) is 12.6. The Morgan fingerprint density at radius 2 is 2.23 bits per heavy atom. The molecular weight excluding hydrogens is 354 g/mol. The van der Waals surface area contributed by atoms with Gasteiger partial charge in [-0.3, -0.25) is 4.79 Å². The van der Waals surface area contributed by atoms with Crippen LogP contribution in [0.5, 0.6) is 5.75 Å². The summed E-state index contributed by atoms with van der Waals surface area (Å²) in [4.78, 5) is 16.7. The zero-order valence-electron chi connectivity index (χ0n) is 14.9. The second kappa shape index (κ2) is 8.98. The molecule has 3 rings (SSSR count). The van der Waals surface area contributed by atoms with Crippen LogP contribution in [-0.2, 0) is 9.47 Å². The molecule has 0 aliphatic carbocycles. The Kier molecular flexibility index (Phi) is 6.43. The number of carbonyl (C=O) groups is 1. The second-order valence-electron chi connectivity index (χ2n) is 6.08. The molecule has 140 valence electrons. The van der Waals surface area contributed by atoms with E-state index < -0.39 is 0 Å². The van der Waals surface area contributed by atoms with E-state index in [2.05, 4.69) is 15.6 Å². The zero-order chi connectivity index (χ0) is 18.4. The van der Waals surface area contributed by atoms with Gasteiger partial charge in [0.15, 0.2) is 5.13 Å². The fraction of sp³-hybridized carbons (Fsp3) is 0.444. The predicted octanol–water partition coefficient (Wildman–Crippen LogP) is 2.82. The number of hydrogen-bond acceptors (Lipinski definition) is 7. The van der Waals surface area contributed by atoms with E-state index in [9.17, 15) is 4.79 Å². The fourth-order valence-electron chi connectivity index (χ4n) is 2.50. The lowest BCUT2D eigenvalue weighted by atomic mass is 10.3. The van der Waals surface area contributed by atoms with Gasteiger partial charge in [-0.1, -0.05) is 0 Å². The molecule has 0 spiro atoms. The molecule has 0 saturated carbocycles. The second-order valence-corrected chi connectivity index (χ2v) is 6.94. The van der Waals surface area contributed by atoms with Crippen LogP contribution >= 0.6 is 11.3 Å². The molecule has 2 N–H and O–H groups in total. The SMILES string of the molecule is COc1ccc(Nc2nc(C(=O)NC(C)COC3CCOC3)cs2)cc1. The first kappa shape index (κ1) is 18.6. The molecule has 8 heteroatoms. The molecule has 7 nitrogen and oxygen atoms in total. The van der Waals surface area contributed by atoms with Gasteiger partial charge in [-0.25, -0.2) is 4.98 Å². The van der Waals surface area contributed by atoms with Crippen LogP contribution in [0.2, 0.25) is 0 Å². The summed E-state index contributed by atoms with van der Waals surface area (Å²) in [6.45, 7) is 3.75. The van der Waals surface area contributed by atoms with Crippen molar-refractivity contribution < 1.29 is 19.0 Å². The molecule has 2 unspecified atom stereocenters. The highest BCUT2D eigenvalue weighted by Crippen LogP contribution is 2.23. The number of amides is 1. The standard InChI is InChI=1S/C18H23N3O4S/c1-12(9-25-15-7-8-24-10-15)19-17(22)16-11-26-18(21-16)20-13-3-5-14(23-2)6-4-13/h3-6,11-12,15H,7-10H2,1-2H3,(H,19,22)(H,20,21). The number of thiazole rings is 1. The Morgan fingerprint density at radius 1 is 1.42 bits per heavy atom. The van der Waals surface area contributed by atoms with Gasteiger partial charge in [0, 0.05) is 23.7 Å². The van der Waals surface area contributed by atoms with Crippen LogP contribution in [0.15, 0.2) is 29.6 Å². The highest BCUT2D eigenvalue weighted by Gasteiger charge is 2.18. The van der Waals surface area contributed by atoms with Crippen molar-refractivity contribution in [1.82, 2.24) is 10.3 Å². The molecule has 2 heterocycles. The normalized spacial score (nSPS) is 17.7. The van der Waals surface area contributed by atoms with Crippen molar-refractivity contribution in [2.24, 2.45) is 0 Å². The van der Waals surface area contributed by atoms with Crippen molar-refractivity contribution in [1.29, 1.82) is 0 Å². The van der Waals surface area contributed by atoms with Gasteiger partial charge in [-0.2, -0.15) is 0 Å². The molecule has 1 saturated heterocycles. The number of hydrogen-bond donors (Lipinski definition) is 2. The zero-order valence-corrected chi connectivity index (χ0v) is 15.7. The van der Waals surface area contributed by atoms with Gasteiger partial charge >= 0.3 is 0 Å². The average Bonchev–Trinajstić information content (AvgIpc) is 3.32. The summed E-state index contributed by atoms with van der Waals surface area (Å²) in [6, 6.07) is 7.42. The lowest BCUT2D eigenvalue weighted by molar-refractivity contribution is 0.0318. The molecule has 1 amide bonds. The Balaban J connectivity index is 1.48. The number of aromatic nitrogens is 1. The molecule has 0 radical (unpaired) electrons. The Morgan fingerprint density at radius 3 is 2.92 bits per heavy atom. The van der Waals surface area contributed by atoms with Crippen LogP contribution in [0, 0.1) is 0 Å². The number of ether oxygens (including phenoxy) is 3. The Labute approximate surface area is 156 Å². The minimum atomic E-state index is -0.206. The molecule has 1 aromatic carbocycles. The van der Waals surface area contributed by atoms with Gasteiger partial charge in [0.1, 0.15) is 11.4 Å². The number of nitrogens with one attached hydrogen (secondary N) is 2. The molecule has 2 atom stereocenters. The Bertz CT molecular complexity index is 713. The minimum Gasteiger partial charge on any atom is -0.497 e. The van der Waals surface area contributed by atoms with Crippen LogP contribution in [0.1, 0.15) is 23.8 Å². The van der Waals surface area contributed by atoms with Crippen molar-refractivity contribution in [2.75, 3.05) is 32.2 Å². The summed E-state index contributed by atoms with van der Waals surface area (Å²) >= 11 is 1.38. The smallest absolute Gasteiger partial charge is 0.271 e. The van der Waals surface area contributed by atoms with E-state index in [-0.39, 0.29) is 18.1 Å². The van der Waals surface area contributed by atoms with Gasteiger partial charge in [0.25, 0.3) is 5.91 Å². The van der Waals surface area contributed by atoms with E-state index in [0.29, 0.717) is 24.0 Å². The summed E-state index contributed by atoms with van der Waals surface area (Å²) in [7, 11) is 1.63. The van der Waals surface area contributed by atoms with Crippen LogP contribution in [0.25, 0.3) is 0 Å². The van der Waals surface area contributed by atoms with Gasteiger partial charge in [-0.15, -0.1) is 11.3 Å². The van der Waals surface area contributed by atoms with Crippen molar-refractivity contribution in [3.8, 4) is 5.75 Å². The van der Waals surface area contributed by atoms with Crippen LogP contribution in [0.3, 0.4) is 0 Å². The summed E-state index contributed by atoms with van der Waals surface area (Å²) in [6.07, 6.45) is 1.04. The molecular formula is C18H23N3O4S. The van der Waals surface area contributed by atoms with E-state index in [0.717, 1.165) is 24.5 Å². The summed E-state index contributed by atoms with van der Waals surface area (Å²) in [5, 5.41) is 8.48. The summed E-state index contributed by atoms with van der Waals surface area (Å²) in [5.74, 6) is 0.581. The van der Waals surface area contributed by atoms with E-state index in [4.69, 9.17) is 14.2 Å². The molecule has 26 heavy (non-hydrogen) atoms. The molecule has 1 aromatic heterocycles.